The van der Waals surface area contributed by atoms with E-state index in [1.807, 2.05) is 30.3 Å². The molecule has 7 heteroatoms. The number of hydrazone groups is 1. The fourth-order valence-corrected chi connectivity index (χ4v) is 1.85. The number of para-hydroxylation sites is 1. The van der Waals surface area contributed by atoms with Crippen molar-refractivity contribution in [3.05, 3.63) is 64.2 Å². The van der Waals surface area contributed by atoms with Crippen molar-refractivity contribution in [1.82, 2.24) is 20.6 Å². The van der Waals surface area contributed by atoms with Crippen molar-refractivity contribution in [2.75, 3.05) is 0 Å². The first kappa shape index (κ1) is 12.8. The zero-order chi connectivity index (χ0) is 14.7. The van der Waals surface area contributed by atoms with Gasteiger partial charge in [0.2, 0.25) is 0 Å². The summed E-state index contributed by atoms with van der Waals surface area (Å²) in [5.74, 6) is -0.501. The Morgan fingerprint density at radius 3 is 2.86 bits per heavy atom. The molecule has 0 aliphatic carbocycles. The quantitative estimate of drug-likeness (QED) is 0.493. The summed E-state index contributed by atoms with van der Waals surface area (Å²) in [4.78, 5) is 25.7. The molecule has 0 aliphatic rings. The third-order valence-corrected chi connectivity index (χ3v) is 2.83. The Kier molecular flexibility index (Phi) is 3.30. The van der Waals surface area contributed by atoms with E-state index in [9.17, 15) is 9.59 Å². The summed E-state index contributed by atoms with van der Waals surface area (Å²) in [6, 6.07) is 12.3. The van der Waals surface area contributed by atoms with E-state index in [0.29, 0.717) is 0 Å². The van der Waals surface area contributed by atoms with Gasteiger partial charge in [0.25, 0.3) is 11.5 Å². The Morgan fingerprint density at radius 2 is 2.10 bits per heavy atom. The number of hydrogen-bond acceptors (Lipinski definition) is 4. The van der Waals surface area contributed by atoms with Crippen LogP contribution < -0.4 is 11.0 Å². The standard InChI is InChI=1S/C14H11N5O2/c20-13-6-5-12(17-18-13)14(21)19-15-8-10-7-9-3-1-2-4-11(9)16-10/h1-8,16H,(H,18,20)(H,19,21). The van der Waals surface area contributed by atoms with Crippen LogP contribution in [0.4, 0.5) is 0 Å². The van der Waals surface area contributed by atoms with Gasteiger partial charge in [-0.1, -0.05) is 18.2 Å². The van der Waals surface area contributed by atoms with Gasteiger partial charge in [0.1, 0.15) is 0 Å². The first-order valence-corrected chi connectivity index (χ1v) is 6.19. The summed E-state index contributed by atoms with van der Waals surface area (Å²) in [6.07, 6.45) is 1.50. The molecule has 7 nitrogen and oxygen atoms in total. The molecular weight excluding hydrogens is 270 g/mol. The lowest BCUT2D eigenvalue weighted by molar-refractivity contribution is 0.0949. The van der Waals surface area contributed by atoms with Gasteiger partial charge in [0.05, 0.1) is 11.9 Å². The number of nitrogens with zero attached hydrogens (tertiary/aromatic N) is 2. The Morgan fingerprint density at radius 1 is 1.24 bits per heavy atom. The third kappa shape index (κ3) is 2.86. The molecule has 3 aromatic rings. The third-order valence-electron chi connectivity index (χ3n) is 2.83. The van der Waals surface area contributed by atoms with E-state index in [1.54, 1.807) is 0 Å². The van der Waals surface area contributed by atoms with Gasteiger partial charge in [0.15, 0.2) is 5.69 Å². The minimum Gasteiger partial charge on any atom is -0.354 e. The lowest BCUT2D eigenvalue weighted by Gasteiger charge is -1.96. The minimum atomic E-state index is -0.501. The molecular formula is C14H11N5O2. The van der Waals surface area contributed by atoms with Crippen molar-refractivity contribution in [2.45, 2.75) is 0 Å². The molecule has 0 bridgehead atoms. The first-order chi connectivity index (χ1) is 10.2. The van der Waals surface area contributed by atoms with Crippen LogP contribution in [0, 0.1) is 0 Å². The van der Waals surface area contributed by atoms with E-state index < -0.39 is 5.91 Å². The van der Waals surface area contributed by atoms with Crippen LogP contribution in [0.5, 0.6) is 0 Å². The molecule has 0 fully saturated rings. The topological polar surface area (TPSA) is 103 Å². The number of fused-ring (bicyclic) bond motifs is 1. The number of amides is 1. The Bertz CT molecular complexity index is 825. The number of nitrogens with one attached hydrogen (secondary N) is 3. The zero-order valence-electron chi connectivity index (χ0n) is 10.8. The highest BCUT2D eigenvalue weighted by Crippen LogP contribution is 2.13. The van der Waals surface area contributed by atoms with E-state index in [4.69, 9.17) is 0 Å². The predicted octanol–water partition coefficient (Wildman–Crippen LogP) is 1.02. The molecule has 0 atom stereocenters. The molecule has 1 aromatic carbocycles. The fourth-order valence-electron chi connectivity index (χ4n) is 1.85. The maximum absolute atomic E-state index is 11.7. The molecule has 1 amide bonds. The second-order valence-electron chi connectivity index (χ2n) is 4.32. The number of benzene rings is 1. The van der Waals surface area contributed by atoms with E-state index >= 15 is 0 Å². The average Bonchev–Trinajstić information content (AvgIpc) is 2.90. The molecule has 3 N–H and O–H groups in total. The van der Waals surface area contributed by atoms with Gasteiger partial charge in [-0.3, -0.25) is 9.59 Å². The summed E-state index contributed by atoms with van der Waals surface area (Å²) in [5.41, 5.74) is 3.82. The van der Waals surface area contributed by atoms with Crippen LogP contribution in [-0.2, 0) is 0 Å². The molecule has 0 saturated heterocycles. The molecule has 2 heterocycles. The van der Waals surface area contributed by atoms with E-state index in [2.05, 4.69) is 25.7 Å². The van der Waals surface area contributed by atoms with E-state index in [-0.39, 0.29) is 11.3 Å². The molecule has 0 spiro atoms. The number of hydrogen-bond donors (Lipinski definition) is 3. The monoisotopic (exact) mass is 281 g/mol. The van der Waals surface area contributed by atoms with Gasteiger partial charge >= 0.3 is 0 Å². The molecule has 0 radical (unpaired) electrons. The summed E-state index contributed by atoms with van der Waals surface area (Å²) in [6.45, 7) is 0. The SMILES string of the molecule is O=C(NN=Cc1cc2ccccc2[nH]1)c1ccc(=O)[nH]n1. The number of aromatic amines is 2. The van der Waals surface area contributed by atoms with Crippen molar-refractivity contribution in [3.63, 3.8) is 0 Å². The van der Waals surface area contributed by atoms with Crippen LogP contribution >= 0.6 is 0 Å². The van der Waals surface area contributed by atoms with Crippen LogP contribution in [0.25, 0.3) is 10.9 Å². The number of aromatic nitrogens is 3. The number of H-pyrrole nitrogens is 2. The molecule has 2 aromatic heterocycles. The predicted molar refractivity (Wildman–Crippen MR) is 78.2 cm³/mol. The van der Waals surface area contributed by atoms with Crippen LogP contribution in [0.2, 0.25) is 0 Å². The average molecular weight is 281 g/mol. The minimum absolute atomic E-state index is 0.0865. The largest absolute Gasteiger partial charge is 0.354 e. The lowest BCUT2D eigenvalue weighted by atomic mass is 10.2. The number of carbonyl (C=O) groups is 1. The first-order valence-electron chi connectivity index (χ1n) is 6.19. The summed E-state index contributed by atoms with van der Waals surface area (Å²) in [7, 11) is 0. The van der Waals surface area contributed by atoms with E-state index in [0.717, 1.165) is 16.6 Å². The van der Waals surface area contributed by atoms with Crippen molar-refractivity contribution in [1.29, 1.82) is 0 Å². The van der Waals surface area contributed by atoms with Crippen molar-refractivity contribution in [2.24, 2.45) is 5.10 Å². The van der Waals surface area contributed by atoms with Crippen molar-refractivity contribution < 1.29 is 4.79 Å². The van der Waals surface area contributed by atoms with Gasteiger partial charge < -0.3 is 4.98 Å². The summed E-state index contributed by atoms with van der Waals surface area (Å²) >= 11 is 0. The maximum Gasteiger partial charge on any atom is 0.291 e. The molecule has 0 saturated carbocycles. The Balaban J connectivity index is 1.70. The summed E-state index contributed by atoms with van der Waals surface area (Å²) < 4.78 is 0. The van der Waals surface area contributed by atoms with Crippen LogP contribution in [0.15, 0.2) is 52.4 Å². The van der Waals surface area contributed by atoms with Crippen LogP contribution in [-0.4, -0.2) is 27.3 Å². The molecule has 3 rings (SSSR count). The smallest absolute Gasteiger partial charge is 0.291 e. The van der Waals surface area contributed by atoms with Gasteiger partial charge in [-0.15, -0.1) is 0 Å². The lowest BCUT2D eigenvalue weighted by Crippen LogP contribution is -2.21. The number of carbonyl (C=O) groups excluding carboxylic acids is 1. The van der Waals surface area contributed by atoms with Crippen LogP contribution in [0.1, 0.15) is 16.2 Å². The maximum atomic E-state index is 11.7. The van der Waals surface area contributed by atoms with Crippen molar-refractivity contribution in [3.8, 4) is 0 Å². The number of rotatable bonds is 3. The Labute approximate surface area is 118 Å². The highest BCUT2D eigenvalue weighted by molar-refractivity contribution is 5.93. The second kappa shape index (κ2) is 5.41. The summed E-state index contributed by atoms with van der Waals surface area (Å²) in [5, 5.41) is 10.7. The van der Waals surface area contributed by atoms with Crippen molar-refractivity contribution >= 4 is 23.0 Å². The Hall–Kier alpha value is -3.22. The zero-order valence-corrected chi connectivity index (χ0v) is 10.8. The van der Waals surface area contributed by atoms with Gasteiger partial charge in [0, 0.05) is 17.0 Å². The molecule has 0 unspecified atom stereocenters. The second-order valence-corrected chi connectivity index (χ2v) is 4.32. The van der Waals surface area contributed by atoms with E-state index in [1.165, 1.54) is 18.3 Å². The van der Waals surface area contributed by atoms with Gasteiger partial charge in [-0.2, -0.15) is 10.2 Å². The highest BCUT2D eigenvalue weighted by Gasteiger charge is 2.05. The van der Waals surface area contributed by atoms with Gasteiger partial charge in [-0.25, -0.2) is 10.5 Å². The normalized spacial score (nSPS) is 11.0. The highest BCUT2D eigenvalue weighted by atomic mass is 16.2. The molecule has 0 aliphatic heterocycles. The fraction of sp³-hybridized carbons (Fsp3) is 0. The van der Waals surface area contributed by atoms with Gasteiger partial charge in [-0.05, 0) is 18.2 Å². The van der Waals surface area contributed by atoms with Crippen LogP contribution in [0.3, 0.4) is 0 Å². The molecule has 104 valence electrons. The molecule has 21 heavy (non-hydrogen) atoms.